The van der Waals surface area contributed by atoms with Crippen LogP contribution in [0.2, 0.25) is 0 Å². The summed E-state index contributed by atoms with van der Waals surface area (Å²) in [4.78, 5) is 6.53. The van der Waals surface area contributed by atoms with Crippen LogP contribution in [-0.4, -0.2) is 43.9 Å². The van der Waals surface area contributed by atoms with E-state index in [0.717, 1.165) is 22.3 Å². The second-order valence-corrected chi connectivity index (χ2v) is 8.54. The maximum absolute atomic E-state index is 13.9. The van der Waals surface area contributed by atoms with Crippen molar-refractivity contribution in [3.63, 3.8) is 0 Å². The number of fused-ring (bicyclic) bond motifs is 1. The average molecular weight is 385 g/mol. The van der Waals surface area contributed by atoms with Crippen molar-refractivity contribution in [3.8, 4) is 0 Å². The predicted molar refractivity (Wildman–Crippen MR) is 104 cm³/mol. The lowest BCUT2D eigenvalue weighted by atomic mass is 10.1. The first-order valence-electron chi connectivity index (χ1n) is 8.83. The third-order valence-corrected chi connectivity index (χ3v) is 6.86. The third kappa shape index (κ3) is 3.28. The second-order valence-electron chi connectivity index (χ2n) is 6.64. The van der Waals surface area contributed by atoms with E-state index >= 15 is 0 Å². The van der Waals surface area contributed by atoms with Crippen molar-refractivity contribution >= 4 is 26.7 Å². The fourth-order valence-electron chi connectivity index (χ4n) is 3.44. The zero-order valence-electron chi connectivity index (χ0n) is 15.0. The number of rotatable bonds is 3. The van der Waals surface area contributed by atoms with E-state index in [-0.39, 0.29) is 4.90 Å². The molecule has 3 aromatic rings. The van der Waals surface area contributed by atoms with Gasteiger partial charge in [-0.3, -0.25) is 0 Å². The van der Waals surface area contributed by atoms with Gasteiger partial charge in [-0.25, -0.2) is 17.8 Å². The molecule has 1 aromatic heterocycles. The van der Waals surface area contributed by atoms with Crippen molar-refractivity contribution in [1.29, 1.82) is 0 Å². The molecule has 0 bridgehead atoms. The Kier molecular flexibility index (Phi) is 4.57. The molecule has 0 saturated carbocycles. The van der Waals surface area contributed by atoms with Gasteiger partial charge in [0.05, 0.1) is 5.52 Å². The molecule has 0 amide bonds. The first kappa shape index (κ1) is 17.9. The van der Waals surface area contributed by atoms with Crippen molar-refractivity contribution in [2.24, 2.45) is 0 Å². The zero-order chi connectivity index (χ0) is 19.0. The number of halogens is 1. The number of aryl methyl sites for hydroxylation is 1. The van der Waals surface area contributed by atoms with E-state index in [2.05, 4.69) is 4.90 Å². The fraction of sp³-hybridized carbons (Fsp3) is 0.250. The topological polar surface area (TPSA) is 53.5 Å². The van der Waals surface area contributed by atoms with Crippen LogP contribution in [0.3, 0.4) is 0 Å². The summed E-state index contributed by atoms with van der Waals surface area (Å²) in [5.74, 6) is 0.126. The molecule has 1 aliphatic heterocycles. The molecule has 7 heteroatoms. The number of pyridine rings is 1. The molecule has 0 radical (unpaired) electrons. The van der Waals surface area contributed by atoms with E-state index in [1.165, 1.54) is 28.6 Å². The summed E-state index contributed by atoms with van der Waals surface area (Å²) in [6.45, 7) is 3.66. The number of aromatic nitrogens is 1. The molecule has 2 heterocycles. The van der Waals surface area contributed by atoms with Gasteiger partial charge in [-0.05, 0) is 36.8 Å². The zero-order valence-corrected chi connectivity index (χ0v) is 15.8. The fourth-order valence-corrected chi connectivity index (χ4v) is 4.93. The third-order valence-electron chi connectivity index (χ3n) is 4.93. The number of piperazine rings is 1. The highest BCUT2D eigenvalue weighted by molar-refractivity contribution is 7.89. The molecule has 0 unspecified atom stereocenters. The summed E-state index contributed by atoms with van der Waals surface area (Å²) in [7, 11) is -3.83. The van der Waals surface area contributed by atoms with Crippen LogP contribution in [0.1, 0.15) is 5.56 Å². The van der Waals surface area contributed by atoms with Gasteiger partial charge in [-0.15, -0.1) is 0 Å². The highest BCUT2D eigenvalue weighted by atomic mass is 32.2. The van der Waals surface area contributed by atoms with Crippen LogP contribution >= 0.6 is 0 Å². The van der Waals surface area contributed by atoms with Crippen LogP contribution in [0.25, 0.3) is 10.9 Å². The lowest BCUT2D eigenvalue weighted by molar-refractivity contribution is 0.381. The molecule has 0 N–H and O–H groups in total. The summed E-state index contributed by atoms with van der Waals surface area (Å²) in [5.41, 5.74) is 2.06. The predicted octanol–water partition coefficient (Wildman–Crippen LogP) is 3.19. The van der Waals surface area contributed by atoms with Crippen molar-refractivity contribution < 1.29 is 12.8 Å². The molecular weight excluding hydrogens is 365 g/mol. The Morgan fingerprint density at radius 3 is 2.37 bits per heavy atom. The van der Waals surface area contributed by atoms with Gasteiger partial charge in [-0.1, -0.05) is 30.3 Å². The minimum Gasteiger partial charge on any atom is -0.354 e. The molecule has 0 atom stereocenters. The lowest BCUT2D eigenvalue weighted by Crippen LogP contribution is -2.49. The summed E-state index contributed by atoms with van der Waals surface area (Å²) in [6, 6.07) is 15.5. The molecule has 1 aliphatic rings. The summed E-state index contributed by atoms with van der Waals surface area (Å²) >= 11 is 0. The van der Waals surface area contributed by atoms with E-state index in [4.69, 9.17) is 4.98 Å². The SMILES string of the molecule is Cc1cc(N2CCN(S(=O)(=O)c3ccccc3F)CC2)nc2ccccc12. The highest BCUT2D eigenvalue weighted by Crippen LogP contribution is 2.25. The summed E-state index contributed by atoms with van der Waals surface area (Å²) in [6.07, 6.45) is 0. The molecule has 1 saturated heterocycles. The molecule has 2 aromatic carbocycles. The molecule has 1 fully saturated rings. The average Bonchev–Trinajstić information content (AvgIpc) is 2.68. The largest absolute Gasteiger partial charge is 0.354 e. The van der Waals surface area contributed by atoms with E-state index in [1.807, 2.05) is 37.3 Å². The molecule has 5 nitrogen and oxygen atoms in total. The van der Waals surface area contributed by atoms with Gasteiger partial charge in [0.2, 0.25) is 10.0 Å². The van der Waals surface area contributed by atoms with Crippen LogP contribution in [0.4, 0.5) is 10.2 Å². The van der Waals surface area contributed by atoms with Gasteiger partial charge >= 0.3 is 0 Å². The molecular formula is C20H20FN3O2S. The Hall–Kier alpha value is -2.51. The second kappa shape index (κ2) is 6.90. The van der Waals surface area contributed by atoms with E-state index in [9.17, 15) is 12.8 Å². The number of nitrogens with zero attached hydrogens (tertiary/aromatic N) is 3. The van der Waals surface area contributed by atoms with Crippen LogP contribution in [0.5, 0.6) is 0 Å². The quantitative estimate of drug-likeness (QED) is 0.695. The summed E-state index contributed by atoms with van der Waals surface area (Å²) < 4.78 is 40.8. The van der Waals surface area contributed by atoms with Crippen LogP contribution < -0.4 is 4.90 Å². The maximum atomic E-state index is 13.9. The number of anilines is 1. The number of sulfonamides is 1. The minimum atomic E-state index is -3.83. The monoisotopic (exact) mass is 385 g/mol. The smallest absolute Gasteiger partial charge is 0.246 e. The molecule has 27 heavy (non-hydrogen) atoms. The van der Waals surface area contributed by atoms with Crippen molar-refractivity contribution in [2.45, 2.75) is 11.8 Å². The Bertz CT molecular complexity index is 1090. The summed E-state index contributed by atoms with van der Waals surface area (Å²) in [5, 5.41) is 1.11. The van der Waals surface area contributed by atoms with Crippen molar-refractivity contribution in [1.82, 2.24) is 9.29 Å². The van der Waals surface area contributed by atoms with E-state index < -0.39 is 15.8 Å². The van der Waals surface area contributed by atoms with Crippen LogP contribution in [-0.2, 0) is 10.0 Å². The molecule has 4 rings (SSSR count). The van der Waals surface area contributed by atoms with Crippen LogP contribution in [0.15, 0.2) is 59.5 Å². The first-order valence-corrected chi connectivity index (χ1v) is 10.3. The van der Waals surface area contributed by atoms with Gasteiger partial charge in [0.1, 0.15) is 16.5 Å². The normalized spacial score (nSPS) is 16.0. The van der Waals surface area contributed by atoms with Gasteiger partial charge in [0, 0.05) is 31.6 Å². The molecule has 0 spiro atoms. The highest BCUT2D eigenvalue weighted by Gasteiger charge is 2.30. The Morgan fingerprint density at radius 2 is 1.63 bits per heavy atom. The van der Waals surface area contributed by atoms with Gasteiger partial charge < -0.3 is 4.90 Å². The maximum Gasteiger partial charge on any atom is 0.246 e. The Balaban J connectivity index is 1.55. The lowest BCUT2D eigenvalue weighted by Gasteiger charge is -2.35. The first-order chi connectivity index (χ1) is 13.0. The number of para-hydroxylation sites is 1. The van der Waals surface area contributed by atoms with Gasteiger partial charge in [0.25, 0.3) is 0 Å². The molecule has 140 valence electrons. The number of hydrogen-bond donors (Lipinski definition) is 0. The molecule has 0 aliphatic carbocycles. The van der Waals surface area contributed by atoms with Crippen LogP contribution in [0, 0.1) is 12.7 Å². The van der Waals surface area contributed by atoms with Gasteiger partial charge in [-0.2, -0.15) is 4.31 Å². The Morgan fingerprint density at radius 1 is 0.963 bits per heavy atom. The van der Waals surface area contributed by atoms with Gasteiger partial charge in [0.15, 0.2) is 0 Å². The number of benzene rings is 2. The van der Waals surface area contributed by atoms with E-state index in [0.29, 0.717) is 26.2 Å². The van der Waals surface area contributed by atoms with E-state index in [1.54, 1.807) is 0 Å². The standard InChI is InChI=1S/C20H20FN3O2S/c1-15-14-20(22-18-8-4-2-6-16(15)18)23-10-12-24(13-11-23)27(25,26)19-9-5-3-7-17(19)21/h2-9,14H,10-13H2,1H3. The minimum absolute atomic E-state index is 0.266. The number of hydrogen-bond acceptors (Lipinski definition) is 4. The van der Waals surface area contributed by atoms with Crippen molar-refractivity contribution in [2.75, 3.05) is 31.1 Å². The Labute approximate surface area is 158 Å². The van der Waals surface area contributed by atoms with Crippen molar-refractivity contribution in [3.05, 3.63) is 66.0 Å².